The summed E-state index contributed by atoms with van der Waals surface area (Å²) in [6, 6.07) is 4.30. The summed E-state index contributed by atoms with van der Waals surface area (Å²) in [6.07, 6.45) is 2.15. The van der Waals surface area contributed by atoms with Crippen molar-refractivity contribution in [3.8, 4) is 5.75 Å². The molecule has 0 spiro atoms. The number of nitro benzene ring substituents is 1. The Labute approximate surface area is 123 Å². The third-order valence-electron chi connectivity index (χ3n) is 2.76. The summed E-state index contributed by atoms with van der Waals surface area (Å²) < 4.78 is 10.4. The van der Waals surface area contributed by atoms with Crippen molar-refractivity contribution in [2.45, 2.75) is 27.2 Å². The maximum absolute atomic E-state index is 11.8. The van der Waals surface area contributed by atoms with E-state index in [9.17, 15) is 14.9 Å². The van der Waals surface area contributed by atoms with Crippen molar-refractivity contribution < 1.29 is 19.2 Å². The Balaban J connectivity index is 3.21. The van der Waals surface area contributed by atoms with Crippen LogP contribution in [0.25, 0.3) is 6.08 Å². The van der Waals surface area contributed by atoms with Crippen molar-refractivity contribution in [1.82, 2.24) is 0 Å². The third kappa shape index (κ3) is 4.59. The minimum atomic E-state index is -0.484. The maximum atomic E-state index is 11.8. The molecule has 0 unspecified atom stereocenters. The second kappa shape index (κ2) is 8.04. The van der Waals surface area contributed by atoms with Gasteiger partial charge in [0.2, 0.25) is 0 Å². The van der Waals surface area contributed by atoms with E-state index in [1.165, 1.54) is 12.1 Å². The van der Waals surface area contributed by atoms with Gasteiger partial charge in [-0.05, 0) is 32.4 Å². The van der Waals surface area contributed by atoms with Gasteiger partial charge < -0.3 is 9.47 Å². The van der Waals surface area contributed by atoms with Crippen LogP contribution in [0.3, 0.4) is 0 Å². The monoisotopic (exact) mass is 293 g/mol. The fourth-order valence-electron chi connectivity index (χ4n) is 1.75. The van der Waals surface area contributed by atoms with Crippen LogP contribution in [0.1, 0.15) is 32.8 Å². The SMILES string of the molecule is CCOC(=O)/C(=C/c1ccc([N+](=O)[O-])cc1OCC)CC. The molecule has 0 aliphatic rings. The van der Waals surface area contributed by atoms with Gasteiger partial charge in [-0.2, -0.15) is 0 Å². The van der Waals surface area contributed by atoms with Gasteiger partial charge in [0, 0.05) is 17.2 Å². The largest absolute Gasteiger partial charge is 0.493 e. The van der Waals surface area contributed by atoms with Crippen molar-refractivity contribution >= 4 is 17.7 Å². The Hall–Kier alpha value is -2.37. The number of hydrogen-bond acceptors (Lipinski definition) is 5. The Bertz CT molecular complexity index is 551. The van der Waals surface area contributed by atoms with Crippen molar-refractivity contribution in [3.63, 3.8) is 0 Å². The molecule has 0 aliphatic heterocycles. The molecule has 0 N–H and O–H groups in total. The first kappa shape index (κ1) is 16.7. The lowest BCUT2D eigenvalue weighted by molar-refractivity contribution is -0.384. The standard InChI is InChI=1S/C15H19NO5/c1-4-11(15(17)21-6-3)9-12-7-8-13(16(18)19)10-14(12)20-5-2/h7-10H,4-6H2,1-3H3/b11-9+. The van der Waals surface area contributed by atoms with E-state index in [1.807, 2.05) is 6.92 Å². The van der Waals surface area contributed by atoms with Gasteiger partial charge in [-0.3, -0.25) is 10.1 Å². The second-order valence-electron chi connectivity index (χ2n) is 4.16. The Kier molecular flexibility index (Phi) is 6.39. The molecule has 0 amide bonds. The Morgan fingerprint density at radius 3 is 2.52 bits per heavy atom. The molecular weight excluding hydrogens is 274 g/mol. The highest BCUT2D eigenvalue weighted by atomic mass is 16.6. The third-order valence-corrected chi connectivity index (χ3v) is 2.76. The van der Waals surface area contributed by atoms with Gasteiger partial charge >= 0.3 is 5.97 Å². The zero-order valence-corrected chi connectivity index (χ0v) is 12.4. The molecule has 0 heterocycles. The van der Waals surface area contributed by atoms with Crippen LogP contribution < -0.4 is 4.74 Å². The molecule has 0 fully saturated rings. The molecular formula is C15H19NO5. The van der Waals surface area contributed by atoms with E-state index in [1.54, 1.807) is 26.0 Å². The zero-order valence-electron chi connectivity index (χ0n) is 12.4. The van der Waals surface area contributed by atoms with E-state index in [0.717, 1.165) is 0 Å². The zero-order chi connectivity index (χ0) is 15.8. The van der Waals surface area contributed by atoms with E-state index in [4.69, 9.17) is 9.47 Å². The highest BCUT2D eigenvalue weighted by molar-refractivity contribution is 5.94. The lowest BCUT2D eigenvalue weighted by Gasteiger charge is -2.09. The summed E-state index contributed by atoms with van der Waals surface area (Å²) in [5.74, 6) is -0.0113. The summed E-state index contributed by atoms with van der Waals surface area (Å²) in [7, 11) is 0. The highest BCUT2D eigenvalue weighted by Gasteiger charge is 2.13. The molecule has 0 atom stereocenters. The Morgan fingerprint density at radius 1 is 1.29 bits per heavy atom. The van der Waals surface area contributed by atoms with Gasteiger partial charge in [0.15, 0.2) is 0 Å². The van der Waals surface area contributed by atoms with E-state index >= 15 is 0 Å². The van der Waals surface area contributed by atoms with Crippen molar-refractivity contribution in [1.29, 1.82) is 0 Å². The number of nitrogens with zero attached hydrogens (tertiary/aromatic N) is 1. The normalized spacial score (nSPS) is 11.1. The van der Waals surface area contributed by atoms with Crippen LogP contribution in [-0.2, 0) is 9.53 Å². The van der Waals surface area contributed by atoms with E-state index in [-0.39, 0.29) is 11.7 Å². The van der Waals surface area contributed by atoms with Crippen molar-refractivity contribution in [2.75, 3.05) is 13.2 Å². The highest BCUT2D eigenvalue weighted by Crippen LogP contribution is 2.27. The quantitative estimate of drug-likeness (QED) is 0.333. The first-order valence-electron chi connectivity index (χ1n) is 6.82. The number of ether oxygens (including phenoxy) is 2. The van der Waals surface area contributed by atoms with Gasteiger partial charge in [0.05, 0.1) is 24.2 Å². The number of non-ortho nitro benzene ring substituents is 1. The Morgan fingerprint density at radius 2 is 2.00 bits per heavy atom. The van der Waals surface area contributed by atoms with Crippen molar-refractivity contribution in [2.24, 2.45) is 0 Å². The molecule has 0 bridgehead atoms. The van der Waals surface area contributed by atoms with Gasteiger partial charge in [0.1, 0.15) is 5.75 Å². The van der Waals surface area contributed by atoms with Crippen LogP contribution in [0.2, 0.25) is 0 Å². The molecule has 114 valence electrons. The van der Waals surface area contributed by atoms with E-state index < -0.39 is 4.92 Å². The number of benzene rings is 1. The predicted molar refractivity (Wildman–Crippen MR) is 79.2 cm³/mol. The van der Waals surface area contributed by atoms with E-state index in [0.29, 0.717) is 36.5 Å². The molecule has 0 saturated carbocycles. The average Bonchev–Trinajstić information content (AvgIpc) is 2.46. The molecule has 1 aromatic rings. The topological polar surface area (TPSA) is 78.7 Å². The van der Waals surface area contributed by atoms with Crippen LogP contribution in [0, 0.1) is 10.1 Å². The van der Waals surface area contributed by atoms with Crippen LogP contribution in [0.5, 0.6) is 5.75 Å². The number of hydrogen-bond donors (Lipinski definition) is 0. The van der Waals surface area contributed by atoms with Gasteiger partial charge in [-0.1, -0.05) is 6.92 Å². The minimum Gasteiger partial charge on any atom is -0.493 e. The van der Waals surface area contributed by atoms with Crippen LogP contribution >= 0.6 is 0 Å². The summed E-state index contributed by atoms with van der Waals surface area (Å²) in [4.78, 5) is 22.1. The first-order chi connectivity index (χ1) is 10.0. The number of esters is 1. The minimum absolute atomic E-state index is 0.0511. The fraction of sp³-hybridized carbons (Fsp3) is 0.400. The van der Waals surface area contributed by atoms with Gasteiger partial charge in [-0.15, -0.1) is 0 Å². The average molecular weight is 293 g/mol. The van der Waals surface area contributed by atoms with Crippen molar-refractivity contribution in [3.05, 3.63) is 39.4 Å². The predicted octanol–water partition coefficient (Wildman–Crippen LogP) is 3.35. The number of carbonyl (C=O) groups excluding carboxylic acids is 1. The lowest BCUT2D eigenvalue weighted by Crippen LogP contribution is -2.07. The molecule has 0 radical (unpaired) electrons. The summed E-state index contributed by atoms with van der Waals surface area (Å²) in [5.41, 5.74) is 1.06. The molecule has 6 heteroatoms. The smallest absolute Gasteiger partial charge is 0.333 e. The van der Waals surface area contributed by atoms with Gasteiger partial charge in [-0.25, -0.2) is 4.79 Å². The molecule has 1 rings (SSSR count). The number of nitro groups is 1. The van der Waals surface area contributed by atoms with Crippen LogP contribution in [0.4, 0.5) is 5.69 Å². The second-order valence-corrected chi connectivity index (χ2v) is 4.16. The summed E-state index contributed by atoms with van der Waals surface area (Å²) >= 11 is 0. The number of carbonyl (C=O) groups is 1. The molecule has 0 aliphatic carbocycles. The number of rotatable bonds is 7. The molecule has 21 heavy (non-hydrogen) atoms. The molecule has 1 aromatic carbocycles. The van der Waals surface area contributed by atoms with Gasteiger partial charge in [0.25, 0.3) is 5.69 Å². The lowest BCUT2D eigenvalue weighted by atomic mass is 10.1. The first-order valence-corrected chi connectivity index (χ1v) is 6.82. The molecule has 0 saturated heterocycles. The fourth-order valence-corrected chi connectivity index (χ4v) is 1.75. The van der Waals surface area contributed by atoms with E-state index in [2.05, 4.69) is 0 Å². The molecule has 0 aromatic heterocycles. The van der Waals surface area contributed by atoms with Crippen LogP contribution in [-0.4, -0.2) is 24.1 Å². The summed E-state index contributed by atoms with van der Waals surface area (Å²) in [5, 5.41) is 10.8. The summed E-state index contributed by atoms with van der Waals surface area (Å²) in [6.45, 7) is 6.05. The molecule has 6 nitrogen and oxygen atoms in total. The maximum Gasteiger partial charge on any atom is 0.333 e. The van der Waals surface area contributed by atoms with Crippen LogP contribution in [0.15, 0.2) is 23.8 Å².